The number of carbonyl (C=O) groups excluding carboxylic acids is 2. The highest BCUT2D eigenvalue weighted by Gasteiger charge is 2.28. The Morgan fingerprint density at radius 1 is 1.18 bits per heavy atom. The van der Waals surface area contributed by atoms with Gasteiger partial charge in [0, 0.05) is 45.1 Å². The Labute approximate surface area is 166 Å². The van der Waals surface area contributed by atoms with Gasteiger partial charge in [0.2, 0.25) is 11.8 Å². The SMILES string of the molecule is COc1ccc(C(N)CC(=O)N2CCC(CN3CCCC3=O)CC2)cc1OC. The van der Waals surface area contributed by atoms with Gasteiger partial charge < -0.3 is 25.0 Å². The maximum Gasteiger partial charge on any atom is 0.224 e. The average molecular weight is 389 g/mol. The Hall–Kier alpha value is -2.28. The second-order valence-corrected chi connectivity index (χ2v) is 7.69. The van der Waals surface area contributed by atoms with E-state index in [1.54, 1.807) is 14.2 Å². The molecular formula is C21H31N3O4. The number of piperidine rings is 1. The van der Waals surface area contributed by atoms with Crippen LogP contribution >= 0.6 is 0 Å². The van der Waals surface area contributed by atoms with Gasteiger partial charge in [0.05, 0.1) is 14.2 Å². The highest BCUT2D eigenvalue weighted by molar-refractivity contribution is 5.78. The van der Waals surface area contributed by atoms with Crippen LogP contribution in [-0.2, 0) is 9.59 Å². The van der Waals surface area contributed by atoms with Gasteiger partial charge in [-0.15, -0.1) is 0 Å². The summed E-state index contributed by atoms with van der Waals surface area (Å²) in [6.45, 7) is 3.21. The number of rotatable bonds is 7. The minimum Gasteiger partial charge on any atom is -0.493 e. The molecule has 0 aromatic heterocycles. The van der Waals surface area contributed by atoms with E-state index >= 15 is 0 Å². The summed E-state index contributed by atoms with van der Waals surface area (Å²) >= 11 is 0. The standard InChI is InChI=1S/C21H31N3O4/c1-27-18-6-5-16(12-19(18)28-2)17(22)13-21(26)23-10-7-15(8-11-23)14-24-9-3-4-20(24)25/h5-6,12,15,17H,3-4,7-11,13-14,22H2,1-2H3. The van der Waals surface area contributed by atoms with E-state index < -0.39 is 0 Å². The maximum absolute atomic E-state index is 12.7. The molecule has 1 unspecified atom stereocenters. The molecule has 28 heavy (non-hydrogen) atoms. The number of hydrogen-bond acceptors (Lipinski definition) is 5. The fourth-order valence-corrected chi connectivity index (χ4v) is 4.09. The molecule has 2 N–H and O–H groups in total. The first-order valence-electron chi connectivity index (χ1n) is 10.0. The van der Waals surface area contributed by atoms with E-state index in [4.69, 9.17) is 15.2 Å². The second-order valence-electron chi connectivity index (χ2n) is 7.69. The number of methoxy groups -OCH3 is 2. The van der Waals surface area contributed by atoms with E-state index in [0.717, 1.165) is 51.0 Å². The molecule has 2 aliphatic heterocycles. The number of carbonyl (C=O) groups is 2. The number of ether oxygens (including phenoxy) is 2. The normalized spacial score (nSPS) is 19.0. The second kappa shape index (κ2) is 9.28. The van der Waals surface area contributed by atoms with Crippen molar-refractivity contribution in [3.05, 3.63) is 23.8 Å². The summed E-state index contributed by atoms with van der Waals surface area (Å²) in [5.41, 5.74) is 7.14. The third-order valence-corrected chi connectivity index (χ3v) is 5.85. The summed E-state index contributed by atoms with van der Waals surface area (Å²) in [7, 11) is 3.17. The molecule has 0 aliphatic carbocycles. The van der Waals surface area contributed by atoms with Crippen LogP contribution in [-0.4, -0.2) is 62.0 Å². The van der Waals surface area contributed by atoms with Crippen molar-refractivity contribution < 1.29 is 19.1 Å². The van der Waals surface area contributed by atoms with Gasteiger partial charge in [-0.25, -0.2) is 0 Å². The van der Waals surface area contributed by atoms with E-state index in [0.29, 0.717) is 23.8 Å². The number of nitrogens with two attached hydrogens (primary N) is 1. The lowest BCUT2D eigenvalue weighted by Crippen LogP contribution is -2.42. The lowest BCUT2D eigenvalue weighted by Gasteiger charge is -2.34. The van der Waals surface area contributed by atoms with E-state index in [1.807, 2.05) is 28.0 Å². The monoisotopic (exact) mass is 389 g/mol. The first kappa shape index (κ1) is 20.5. The number of nitrogens with zero attached hydrogens (tertiary/aromatic N) is 2. The molecule has 2 saturated heterocycles. The Bertz CT molecular complexity index is 701. The van der Waals surface area contributed by atoms with Crippen LogP contribution in [0.25, 0.3) is 0 Å². The van der Waals surface area contributed by atoms with Crippen molar-refractivity contribution in [2.24, 2.45) is 11.7 Å². The number of benzene rings is 1. The van der Waals surface area contributed by atoms with Gasteiger partial charge in [0.1, 0.15) is 0 Å². The smallest absolute Gasteiger partial charge is 0.224 e. The number of amides is 2. The molecule has 1 atom stereocenters. The largest absolute Gasteiger partial charge is 0.493 e. The first-order chi connectivity index (χ1) is 13.5. The molecule has 1 aromatic rings. The summed E-state index contributed by atoms with van der Waals surface area (Å²) in [6.07, 6.45) is 3.82. The van der Waals surface area contributed by atoms with Crippen molar-refractivity contribution in [3.63, 3.8) is 0 Å². The molecule has 7 nitrogen and oxygen atoms in total. The van der Waals surface area contributed by atoms with Crippen LogP contribution in [0.5, 0.6) is 11.5 Å². The molecular weight excluding hydrogens is 358 g/mol. The molecule has 3 rings (SSSR count). The molecule has 0 bridgehead atoms. The van der Waals surface area contributed by atoms with Crippen molar-refractivity contribution >= 4 is 11.8 Å². The van der Waals surface area contributed by atoms with Gasteiger partial charge in [0.15, 0.2) is 11.5 Å². The predicted molar refractivity (Wildman–Crippen MR) is 106 cm³/mol. The van der Waals surface area contributed by atoms with Crippen molar-refractivity contribution in [1.82, 2.24) is 9.80 Å². The minimum atomic E-state index is -0.382. The fraction of sp³-hybridized carbons (Fsp3) is 0.619. The fourth-order valence-electron chi connectivity index (χ4n) is 4.09. The average Bonchev–Trinajstić information content (AvgIpc) is 3.12. The van der Waals surface area contributed by atoms with Crippen molar-refractivity contribution in [2.75, 3.05) is 40.4 Å². The van der Waals surface area contributed by atoms with Crippen LogP contribution in [0.1, 0.15) is 43.7 Å². The van der Waals surface area contributed by atoms with E-state index in [-0.39, 0.29) is 24.3 Å². The molecule has 0 radical (unpaired) electrons. The molecule has 0 spiro atoms. The molecule has 2 amide bonds. The van der Waals surface area contributed by atoms with Crippen LogP contribution in [0.3, 0.4) is 0 Å². The van der Waals surface area contributed by atoms with Crippen molar-refractivity contribution in [1.29, 1.82) is 0 Å². The van der Waals surface area contributed by atoms with Crippen LogP contribution < -0.4 is 15.2 Å². The topological polar surface area (TPSA) is 85.1 Å². The molecule has 2 fully saturated rings. The zero-order chi connectivity index (χ0) is 20.1. The van der Waals surface area contributed by atoms with Crippen LogP contribution in [0.2, 0.25) is 0 Å². The summed E-state index contributed by atoms with van der Waals surface area (Å²) in [5, 5.41) is 0. The first-order valence-corrected chi connectivity index (χ1v) is 10.0. The van der Waals surface area contributed by atoms with E-state index in [2.05, 4.69) is 0 Å². The zero-order valence-electron chi connectivity index (χ0n) is 16.9. The van der Waals surface area contributed by atoms with Gasteiger partial charge in [-0.2, -0.15) is 0 Å². The Morgan fingerprint density at radius 2 is 1.89 bits per heavy atom. The van der Waals surface area contributed by atoms with Gasteiger partial charge in [-0.3, -0.25) is 9.59 Å². The summed E-state index contributed by atoms with van der Waals surface area (Å²) < 4.78 is 10.6. The third-order valence-electron chi connectivity index (χ3n) is 5.85. The van der Waals surface area contributed by atoms with Gasteiger partial charge >= 0.3 is 0 Å². The molecule has 0 saturated carbocycles. The molecule has 1 aromatic carbocycles. The predicted octanol–water partition coefficient (Wildman–Crippen LogP) is 1.95. The highest BCUT2D eigenvalue weighted by atomic mass is 16.5. The Kier molecular flexibility index (Phi) is 6.78. The highest BCUT2D eigenvalue weighted by Crippen LogP contribution is 2.30. The molecule has 2 aliphatic rings. The van der Waals surface area contributed by atoms with Crippen LogP contribution in [0.4, 0.5) is 0 Å². The maximum atomic E-state index is 12.7. The summed E-state index contributed by atoms with van der Waals surface area (Å²) in [4.78, 5) is 28.4. The van der Waals surface area contributed by atoms with Crippen LogP contribution in [0, 0.1) is 5.92 Å². The zero-order valence-corrected chi connectivity index (χ0v) is 16.9. The number of hydrogen-bond donors (Lipinski definition) is 1. The Balaban J connectivity index is 1.49. The third kappa shape index (κ3) is 4.76. The van der Waals surface area contributed by atoms with E-state index in [9.17, 15) is 9.59 Å². The van der Waals surface area contributed by atoms with Crippen LogP contribution in [0.15, 0.2) is 18.2 Å². The van der Waals surface area contributed by atoms with Gasteiger partial charge in [-0.05, 0) is 42.9 Å². The summed E-state index contributed by atoms with van der Waals surface area (Å²) in [5.74, 6) is 2.10. The van der Waals surface area contributed by atoms with Crippen molar-refractivity contribution in [2.45, 2.75) is 38.1 Å². The lowest BCUT2D eigenvalue weighted by atomic mass is 9.95. The molecule has 154 valence electrons. The number of likely N-dealkylation sites (tertiary alicyclic amines) is 2. The minimum absolute atomic E-state index is 0.0815. The van der Waals surface area contributed by atoms with E-state index in [1.165, 1.54) is 0 Å². The molecule has 7 heteroatoms. The summed E-state index contributed by atoms with van der Waals surface area (Å²) in [6, 6.07) is 5.13. The van der Waals surface area contributed by atoms with Gasteiger partial charge in [-0.1, -0.05) is 6.07 Å². The van der Waals surface area contributed by atoms with Crippen molar-refractivity contribution in [3.8, 4) is 11.5 Å². The van der Waals surface area contributed by atoms with Gasteiger partial charge in [0.25, 0.3) is 0 Å². The molecule has 2 heterocycles. The quantitative estimate of drug-likeness (QED) is 0.770. The Morgan fingerprint density at radius 3 is 2.50 bits per heavy atom. The lowest BCUT2D eigenvalue weighted by molar-refractivity contribution is -0.134.